The number of halogens is 4. The van der Waals surface area contributed by atoms with E-state index in [0.717, 1.165) is 16.0 Å². The molecule has 188 valence electrons. The average Bonchev–Trinajstić information content (AvgIpc) is 2.77. The van der Waals surface area contributed by atoms with Crippen LogP contribution in [-0.4, -0.2) is 10.9 Å². The van der Waals surface area contributed by atoms with Crippen LogP contribution in [0.3, 0.4) is 0 Å². The smallest absolute Gasteiger partial charge is 0.239 e. The summed E-state index contributed by atoms with van der Waals surface area (Å²) >= 11 is 14.1. The third-order valence-corrected chi connectivity index (χ3v) is 9.78. The van der Waals surface area contributed by atoms with Crippen LogP contribution in [0.25, 0.3) is 9.97 Å². The number of rotatable bonds is 6. The second-order valence-electron chi connectivity index (χ2n) is 10.8. The minimum absolute atomic E-state index is 0.0442. The first kappa shape index (κ1) is 30.1. The lowest BCUT2D eigenvalue weighted by Crippen LogP contribution is -2.43. The van der Waals surface area contributed by atoms with Crippen LogP contribution in [0.5, 0.6) is 5.75 Å². The Bertz CT molecular complexity index is 1120. The summed E-state index contributed by atoms with van der Waals surface area (Å²) in [6.45, 7) is 17.9. The minimum atomic E-state index is -1.52. The number of hydrogen-bond donors (Lipinski definition) is 1. The van der Waals surface area contributed by atoms with Crippen molar-refractivity contribution in [2.75, 3.05) is 0 Å². The van der Waals surface area contributed by atoms with Gasteiger partial charge in [0.25, 0.3) is 0 Å². The van der Waals surface area contributed by atoms with Crippen molar-refractivity contribution in [2.45, 2.75) is 73.0 Å². The van der Waals surface area contributed by atoms with E-state index in [1.807, 2.05) is 21.0 Å². The van der Waals surface area contributed by atoms with Gasteiger partial charge in [-0.25, -0.2) is 0 Å². The first-order chi connectivity index (χ1) is 15.7. The first-order valence-corrected chi connectivity index (χ1v) is 15.1. The molecule has 1 N–H and O–H groups in total. The second-order valence-corrected chi connectivity index (χ2v) is 12.6. The number of ether oxygens (including phenoxy) is 1. The van der Waals surface area contributed by atoms with Gasteiger partial charge in [-0.2, -0.15) is 0 Å². The fourth-order valence-electron chi connectivity index (χ4n) is 3.96. The normalized spacial score (nSPS) is 23.4. The molecule has 0 bridgehead atoms. The van der Waals surface area contributed by atoms with E-state index in [2.05, 4.69) is 131 Å². The molecule has 2 nitrogen and oxygen atoms in total. The topological polar surface area (TPSA) is 29.5 Å². The summed E-state index contributed by atoms with van der Waals surface area (Å²) in [4.78, 5) is 7.45. The summed E-state index contributed by atoms with van der Waals surface area (Å²) < 4.78 is 6.44. The maximum atomic E-state index is 11.8. The summed E-state index contributed by atoms with van der Waals surface area (Å²) in [7, 11) is 0. The maximum absolute atomic E-state index is 11.8. The lowest BCUT2D eigenvalue weighted by molar-refractivity contribution is -0.102. The van der Waals surface area contributed by atoms with Crippen molar-refractivity contribution in [3.8, 4) is 5.75 Å². The van der Waals surface area contributed by atoms with E-state index >= 15 is 0 Å². The van der Waals surface area contributed by atoms with E-state index in [-0.39, 0.29) is 10.8 Å². The molecular formula is C28H36Br4O2. The molecular weight excluding hydrogens is 688 g/mol. The Morgan fingerprint density at radius 3 is 1.85 bits per heavy atom. The molecule has 34 heavy (non-hydrogen) atoms. The zero-order chi connectivity index (χ0) is 26.1. The molecule has 0 fully saturated rings. The van der Waals surface area contributed by atoms with Gasteiger partial charge in [0.1, 0.15) is 5.75 Å². The predicted molar refractivity (Wildman–Crippen MR) is 161 cm³/mol. The van der Waals surface area contributed by atoms with Crippen molar-refractivity contribution in [2.24, 2.45) is 17.3 Å². The molecule has 6 heteroatoms. The monoisotopic (exact) mass is 720 g/mol. The zero-order valence-corrected chi connectivity index (χ0v) is 27.6. The summed E-state index contributed by atoms with van der Waals surface area (Å²) in [5.41, 5.74) is 4.00. The lowest BCUT2D eigenvalue weighted by atomic mass is 9.68. The summed E-state index contributed by atoms with van der Waals surface area (Å²) in [6, 6.07) is 4.14. The van der Waals surface area contributed by atoms with Gasteiger partial charge < -0.3 is 9.84 Å². The molecule has 1 aliphatic rings. The van der Waals surface area contributed by atoms with Gasteiger partial charge >= 0.3 is 0 Å². The number of allylic oxidation sites excluding steroid dienone is 1. The highest BCUT2D eigenvalue weighted by Gasteiger charge is 2.43. The maximum Gasteiger partial charge on any atom is 0.239 e. The predicted octanol–water partition coefficient (Wildman–Crippen LogP) is 8.52. The van der Waals surface area contributed by atoms with Gasteiger partial charge in [-0.1, -0.05) is 119 Å². The van der Waals surface area contributed by atoms with Gasteiger partial charge in [0.15, 0.2) is 0 Å². The van der Waals surface area contributed by atoms with Crippen molar-refractivity contribution in [1.82, 2.24) is 0 Å². The van der Waals surface area contributed by atoms with Crippen LogP contribution in [0.1, 0.15) is 67.4 Å². The Labute approximate surface area is 238 Å². The van der Waals surface area contributed by atoms with Crippen LogP contribution < -0.4 is 15.2 Å². The fourth-order valence-corrected chi connectivity index (χ4v) is 5.60. The Kier molecular flexibility index (Phi) is 10.2. The van der Waals surface area contributed by atoms with Gasteiger partial charge in [-0.3, -0.25) is 0 Å². The SMILES string of the molecule is CC(C)C(C)(C)C1=CC(=CBr)C(O)(Oc2cc(=CBr)c(C(C)(C)C(C)C)cc2=CBr)CC1=CBr. The number of benzene rings is 1. The summed E-state index contributed by atoms with van der Waals surface area (Å²) in [5, 5.41) is 13.7. The van der Waals surface area contributed by atoms with Crippen LogP contribution in [0.4, 0.5) is 0 Å². The summed E-state index contributed by atoms with van der Waals surface area (Å²) in [5.74, 6) is -0.0515. The van der Waals surface area contributed by atoms with Crippen LogP contribution in [0.15, 0.2) is 44.9 Å². The Morgan fingerprint density at radius 2 is 1.41 bits per heavy atom. The van der Waals surface area contributed by atoms with Gasteiger partial charge in [-0.15, -0.1) is 0 Å². The highest BCUT2D eigenvalue weighted by atomic mass is 79.9. The van der Waals surface area contributed by atoms with E-state index < -0.39 is 5.79 Å². The first-order valence-electron chi connectivity index (χ1n) is 11.5. The van der Waals surface area contributed by atoms with Crippen LogP contribution in [0.2, 0.25) is 0 Å². The molecule has 0 saturated carbocycles. The Morgan fingerprint density at radius 1 is 0.853 bits per heavy atom. The molecule has 2 rings (SSSR count). The number of hydrogen-bond acceptors (Lipinski definition) is 2. The van der Waals surface area contributed by atoms with Crippen molar-refractivity contribution in [1.29, 1.82) is 0 Å². The Hall–Kier alpha value is -0.140. The number of aliphatic hydroxyl groups is 1. The van der Waals surface area contributed by atoms with E-state index in [1.54, 1.807) is 4.99 Å². The molecule has 1 aromatic carbocycles. The standard InChI is InChI=1S/C28H36Br4O2/c1-17(2)26(5,6)23-9-20(14-30)25(10-19(23)13-29)34-28(33)12-21(15-31)24(11-22(28)16-32)27(7,8)18(3)4/h9-11,13-18,33H,12H2,1-8H3. The molecule has 0 saturated heterocycles. The summed E-state index contributed by atoms with van der Waals surface area (Å²) in [6.07, 6.45) is 2.38. The third kappa shape index (κ3) is 5.88. The molecule has 0 radical (unpaired) electrons. The van der Waals surface area contributed by atoms with Crippen LogP contribution >= 0.6 is 63.7 Å². The third-order valence-electron chi connectivity index (χ3n) is 7.75. The molecule has 0 aliphatic heterocycles. The molecule has 1 unspecified atom stereocenters. The largest absolute Gasteiger partial charge is 0.457 e. The van der Waals surface area contributed by atoms with E-state index in [9.17, 15) is 5.11 Å². The molecule has 1 aromatic rings. The van der Waals surface area contributed by atoms with E-state index in [4.69, 9.17) is 4.74 Å². The van der Waals surface area contributed by atoms with Crippen molar-refractivity contribution < 1.29 is 9.84 Å². The lowest BCUT2D eigenvalue weighted by Gasteiger charge is -2.41. The van der Waals surface area contributed by atoms with E-state index in [1.165, 1.54) is 11.1 Å². The molecule has 1 atom stereocenters. The average molecular weight is 724 g/mol. The van der Waals surface area contributed by atoms with Gasteiger partial charge in [-0.05, 0) is 82.7 Å². The minimum Gasteiger partial charge on any atom is -0.457 e. The fraction of sp³-hybridized carbons (Fsp3) is 0.500. The molecule has 0 aromatic heterocycles. The molecule has 1 aliphatic carbocycles. The van der Waals surface area contributed by atoms with E-state index in [0.29, 0.717) is 29.6 Å². The van der Waals surface area contributed by atoms with Crippen molar-refractivity contribution in [3.63, 3.8) is 0 Å². The van der Waals surface area contributed by atoms with Crippen molar-refractivity contribution >= 4 is 73.7 Å². The van der Waals surface area contributed by atoms with Crippen molar-refractivity contribution in [3.05, 3.63) is 60.9 Å². The zero-order valence-electron chi connectivity index (χ0n) is 21.3. The second kappa shape index (κ2) is 11.5. The highest BCUT2D eigenvalue weighted by molar-refractivity contribution is 9.14. The van der Waals surface area contributed by atoms with Gasteiger partial charge in [0, 0.05) is 17.2 Å². The quantitative estimate of drug-likeness (QED) is 0.299. The molecule has 0 heterocycles. The van der Waals surface area contributed by atoms with Gasteiger partial charge in [0.05, 0.1) is 0 Å². The molecule has 0 spiro atoms. The van der Waals surface area contributed by atoms with Crippen LogP contribution in [-0.2, 0) is 5.41 Å². The van der Waals surface area contributed by atoms with Crippen LogP contribution in [0, 0.1) is 17.3 Å². The van der Waals surface area contributed by atoms with Gasteiger partial charge in [0.2, 0.25) is 5.79 Å². The molecule has 0 amide bonds. The Balaban J connectivity index is 2.68. The highest BCUT2D eigenvalue weighted by Crippen LogP contribution is 2.47.